The van der Waals surface area contributed by atoms with E-state index >= 15 is 0 Å². The topological polar surface area (TPSA) is 3.24 Å². The van der Waals surface area contributed by atoms with E-state index in [0.717, 1.165) is 6.42 Å². The predicted octanol–water partition coefficient (Wildman–Crippen LogP) is -1.83. The molecule has 0 saturated heterocycles. The van der Waals surface area contributed by atoms with Gasteiger partial charge in [0, 0.05) is 0 Å². The molecule has 0 heterocycles. The van der Waals surface area contributed by atoms with Crippen molar-refractivity contribution in [3.05, 3.63) is 6.92 Å². The Morgan fingerprint density at radius 2 is 1.88 bits per heavy atom. The molecule has 0 N–H and O–H groups in total. The van der Waals surface area contributed by atoms with Crippen LogP contribution in [0, 0.1) is 6.92 Å². The first-order chi connectivity index (χ1) is 3.27. The third kappa shape index (κ3) is 9.75. The van der Waals surface area contributed by atoms with Crippen molar-refractivity contribution in [2.75, 3.05) is 20.6 Å². The number of nitrogens with zero attached hydrogens (tertiary/aromatic N) is 1. The van der Waals surface area contributed by atoms with Crippen LogP contribution >= 0.6 is 0 Å². The van der Waals surface area contributed by atoms with Gasteiger partial charge in [-0.15, -0.1) is 0 Å². The third-order valence-electron chi connectivity index (χ3n) is 0.855. The first-order valence-corrected chi connectivity index (χ1v) is 2.71. The van der Waals surface area contributed by atoms with Gasteiger partial charge in [-0.25, -0.2) is 0 Å². The molecule has 0 aliphatic carbocycles. The molecule has 0 aromatic heterocycles. The average Bonchev–Trinajstić information content (AvgIpc) is 1.61. The van der Waals surface area contributed by atoms with Gasteiger partial charge in [-0.3, -0.25) is 0 Å². The summed E-state index contributed by atoms with van der Waals surface area (Å²) >= 11 is 0. The molecule has 0 aromatic carbocycles. The Labute approximate surface area is 64.6 Å². The fourth-order valence-corrected chi connectivity index (χ4v) is 0.428. The molecule has 44 valence electrons. The monoisotopic (exact) mass is 107 g/mol. The zero-order chi connectivity index (χ0) is 5.70. The second-order valence-electron chi connectivity index (χ2n) is 2.01. The minimum atomic E-state index is 0. The molecule has 0 atom stereocenters. The summed E-state index contributed by atoms with van der Waals surface area (Å²) in [5.41, 5.74) is 0. The molecular formula is C6H14LiN. The Kier molecular flexibility index (Phi) is 10.7. The van der Waals surface area contributed by atoms with E-state index in [1.165, 1.54) is 13.0 Å². The van der Waals surface area contributed by atoms with Crippen molar-refractivity contribution in [2.24, 2.45) is 0 Å². The van der Waals surface area contributed by atoms with E-state index in [1.807, 2.05) is 0 Å². The maximum Gasteiger partial charge on any atom is 1.00 e. The van der Waals surface area contributed by atoms with Crippen molar-refractivity contribution >= 4 is 0 Å². The number of hydrogen-bond donors (Lipinski definition) is 0. The van der Waals surface area contributed by atoms with Crippen molar-refractivity contribution in [3.63, 3.8) is 0 Å². The molecule has 1 nitrogen and oxygen atoms in total. The maximum absolute atomic E-state index is 3.73. The third-order valence-corrected chi connectivity index (χ3v) is 0.855. The minimum absolute atomic E-state index is 0. The standard InChI is InChI=1S/C6H14N.Li/c1-4-5-6-7(2)3;/h1,4-6H2,2-3H3;/q-1;+1. The fourth-order valence-electron chi connectivity index (χ4n) is 0.428. The number of rotatable bonds is 3. The molecule has 0 unspecified atom stereocenters. The van der Waals surface area contributed by atoms with Crippen LogP contribution in [0.3, 0.4) is 0 Å². The van der Waals surface area contributed by atoms with Gasteiger partial charge in [-0.05, 0) is 20.6 Å². The Hall–Kier alpha value is 0.557. The van der Waals surface area contributed by atoms with E-state index in [0.29, 0.717) is 0 Å². The quantitative estimate of drug-likeness (QED) is 0.303. The van der Waals surface area contributed by atoms with Gasteiger partial charge in [-0.2, -0.15) is 6.42 Å². The van der Waals surface area contributed by atoms with Crippen molar-refractivity contribution in [1.82, 2.24) is 4.90 Å². The second-order valence-corrected chi connectivity index (χ2v) is 2.01. The first-order valence-electron chi connectivity index (χ1n) is 2.71. The van der Waals surface area contributed by atoms with Crippen LogP contribution in [0.15, 0.2) is 0 Å². The van der Waals surface area contributed by atoms with Gasteiger partial charge in [-0.1, -0.05) is 6.42 Å². The SMILES string of the molecule is [CH2-]CCCN(C)C.[Li+]. The normalized spacial score (nSPS) is 9.00. The molecule has 0 fully saturated rings. The summed E-state index contributed by atoms with van der Waals surface area (Å²) in [5, 5.41) is 0. The number of hydrogen-bond acceptors (Lipinski definition) is 1. The van der Waals surface area contributed by atoms with Gasteiger partial charge in [0.15, 0.2) is 0 Å². The van der Waals surface area contributed by atoms with Crippen LogP contribution in [0.25, 0.3) is 0 Å². The molecule has 2 heteroatoms. The summed E-state index contributed by atoms with van der Waals surface area (Å²) in [4.78, 5) is 2.17. The summed E-state index contributed by atoms with van der Waals surface area (Å²) < 4.78 is 0. The zero-order valence-electron chi connectivity index (χ0n) is 6.28. The van der Waals surface area contributed by atoms with E-state index in [-0.39, 0.29) is 18.9 Å². The summed E-state index contributed by atoms with van der Waals surface area (Å²) in [6, 6.07) is 0. The van der Waals surface area contributed by atoms with Crippen LogP contribution in [0.1, 0.15) is 12.8 Å². The minimum Gasteiger partial charge on any atom is -0.343 e. The Morgan fingerprint density at radius 3 is 2.00 bits per heavy atom. The van der Waals surface area contributed by atoms with Gasteiger partial charge in [0.05, 0.1) is 0 Å². The Balaban J connectivity index is 0. The van der Waals surface area contributed by atoms with Crippen molar-refractivity contribution in [3.8, 4) is 0 Å². The molecule has 0 spiro atoms. The summed E-state index contributed by atoms with van der Waals surface area (Å²) in [7, 11) is 4.16. The van der Waals surface area contributed by atoms with Crippen molar-refractivity contribution < 1.29 is 18.9 Å². The van der Waals surface area contributed by atoms with Gasteiger partial charge in [0.25, 0.3) is 0 Å². The van der Waals surface area contributed by atoms with Crippen LogP contribution in [0.4, 0.5) is 0 Å². The zero-order valence-corrected chi connectivity index (χ0v) is 6.28. The molecule has 0 rings (SSSR count). The van der Waals surface area contributed by atoms with E-state index in [1.54, 1.807) is 0 Å². The van der Waals surface area contributed by atoms with E-state index < -0.39 is 0 Å². The Bertz CT molecular complexity index is 37.5. The maximum atomic E-state index is 3.73. The summed E-state index contributed by atoms with van der Waals surface area (Å²) in [6.07, 6.45) is 2.27. The Morgan fingerprint density at radius 1 is 1.38 bits per heavy atom. The number of unbranched alkanes of at least 4 members (excludes halogenated alkanes) is 1. The van der Waals surface area contributed by atoms with Crippen molar-refractivity contribution in [2.45, 2.75) is 12.8 Å². The molecule has 0 bridgehead atoms. The molecule has 0 saturated carbocycles. The summed E-state index contributed by atoms with van der Waals surface area (Å²) in [5.74, 6) is 0. The molecular weight excluding hydrogens is 93.0 g/mol. The van der Waals surface area contributed by atoms with Gasteiger partial charge >= 0.3 is 18.9 Å². The van der Waals surface area contributed by atoms with E-state index in [2.05, 4.69) is 25.9 Å². The van der Waals surface area contributed by atoms with Crippen LogP contribution in [0.2, 0.25) is 0 Å². The van der Waals surface area contributed by atoms with Crippen molar-refractivity contribution in [1.29, 1.82) is 0 Å². The molecule has 0 aromatic rings. The predicted molar refractivity (Wildman–Crippen MR) is 33.1 cm³/mol. The van der Waals surface area contributed by atoms with Gasteiger partial charge < -0.3 is 11.8 Å². The van der Waals surface area contributed by atoms with E-state index in [4.69, 9.17) is 0 Å². The molecule has 0 radical (unpaired) electrons. The molecule has 0 amide bonds. The van der Waals surface area contributed by atoms with Crippen LogP contribution < -0.4 is 18.9 Å². The van der Waals surface area contributed by atoms with Gasteiger partial charge in [0.2, 0.25) is 0 Å². The average molecular weight is 107 g/mol. The second kappa shape index (κ2) is 7.56. The van der Waals surface area contributed by atoms with Gasteiger partial charge in [0.1, 0.15) is 0 Å². The van der Waals surface area contributed by atoms with E-state index in [9.17, 15) is 0 Å². The van der Waals surface area contributed by atoms with Crippen LogP contribution in [0.5, 0.6) is 0 Å². The summed E-state index contributed by atoms with van der Waals surface area (Å²) in [6.45, 7) is 4.90. The first kappa shape index (κ1) is 11.4. The van der Waals surface area contributed by atoms with Crippen LogP contribution in [-0.2, 0) is 0 Å². The molecule has 0 aliphatic heterocycles. The molecule has 8 heavy (non-hydrogen) atoms. The largest absolute Gasteiger partial charge is 1.00 e. The smallest absolute Gasteiger partial charge is 0.343 e. The molecule has 0 aliphatic rings. The fraction of sp³-hybridized carbons (Fsp3) is 0.833. The van der Waals surface area contributed by atoms with Crippen LogP contribution in [-0.4, -0.2) is 25.5 Å².